The van der Waals surface area contributed by atoms with Crippen molar-refractivity contribution in [3.8, 4) is 0 Å². The molecule has 1 aromatic heterocycles. The number of rotatable bonds is 6. The van der Waals surface area contributed by atoms with E-state index >= 15 is 0 Å². The maximum absolute atomic E-state index is 8.93. The quantitative estimate of drug-likeness (QED) is 0.354. The molecular formula is C13H24N6OS. The molecule has 21 heavy (non-hydrogen) atoms. The topological polar surface area (TPSA) is 90.9 Å². The van der Waals surface area contributed by atoms with Crippen molar-refractivity contribution < 1.29 is 5.21 Å². The summed E-state index contributed by atoms with van der Waals surface area (Å²) in [6.07, 6.45) is 2.80. The highest BCUT2D eigenvalue weighted by molar-refractivity contribution is 7.09. The predicted octanol–water partition coefficient (Wildman–Crippen LogP) is 1.14. The van der Waals surface area contributed by atoms with E-state index in [0.29, 0.717) is 5.84 Å². The average molecular weight is 312 g/mol. The summed E-state index contributed by atoms with van der Waals surface area (Å²) in [5, 5.41) is 13.1. The fraction of sp³-hybridized carbons (Fsp3) is 0.769. The lowest BCUT2D eigenvalue weighted by atomic mass is 10.1. The van der Waals surface area contributed by atoms with Crippen LogP contribution in [0.3, 0.4) is 0 Å². The SMILES string of the molecule is CCCC(C(N)=NO)N1CCN(c2nc(CC)ns2)CC1. The standard InChI is InChI=1S/C13H24N6OS/c1-3-5-10(12(14)16-20)18-6-8-19(9-7-18)13-15-11(4-2)17-21-13/h10,20H,3-9H2,1-2H3,(H2,14,16). The second-order valence-corrected chi connectivity index (χ2v) is 5.93. The van der Waals surface area contributed by atoms with Gasteiger partial charge in [0.15, 0.2) is 5.84 Å². The van der Waals surface area contributed by atoms with Crippen LogP contribution in [0, 0.1) is 0 Å². The Balaban J connectivity index is 1.95. The summed E-state index contributed by atoms with van der Waals surface area (Å²) in [7, 11) is 0. The van der Waals surface area contributed by atoms with E-state index in [1.54, 1.807) is 0 Å². The lowest BCUT2D eigenvalue weighted by molar-refractivity contribution is 0.211. The summed E-state index contributed by atoms with van der Waals surface area (Å²) in [5.41, 5.74) is 5.83. The summed E-state index contributed by atoms with van der Waals surface area (Å²) in [6, 6.07) is 0.0303. The molecule has 1 saturated heterocycles. The maximum atomic E-state index is 8.93. The zero-order chi connectivity index (χ0) is 15.2. The minimum Gasteiger partial charge on any atom is -0.409 e. The number of hydrogen-bond donors (Lipinski definition) is 2. The number of aryl methyl sites for hydroxylation is 1. The molecule has 0 aliphatic carbocycles. The molecule has 2 rings (SSSR count). The van der Waals surface area contributed by atoms with Crippen LogP contribution < -0.4 is 10.6 Å². The van der Waals surface area contributed by atoms with Crippen molar-refractivity contribution in [2.24, 2.45) is 10.9 Å². The minimum atomic E-state index is 0.0303. The minimum absolute atomic E-state index is 0.0303. The molecule has 0 radical (unpaired) electrons. The van der Waals surface area contributed by atoms with Gasteiger partial charge in [-0.1, -0.05) is 25.4 Å². The van der Waals surface area contributed by atoms with Gasteiger partial charge in [-0.3, -0.25) is 4.90 Å². The van der Waals surface area contributed by atoms with Gasteiger partial charge in [-0.05, 0) is 6.42 Å². The second kappa shape index (κ2) is 7.56. The van der Waals surface area contributed by atoms with Crippen LogP contribution in [0.25, 0.3) is 0 Å². The third kappa shape index (κ3) is 3.82. The van der Waals surface area contributed by atoms with Crippen molar-refractivity contribution in [1.82, 2.24) is 14.3 Å². The van der Waals surface area contributed by atoms with E-state index in [9.17, 15) is 0 Å². The molecule has 1 aliphatic rings. The van der Waals surface area contributed by atoms with Gasteiger partial charge >= 0.3 is 0 Å². The molecule has 1 unspecified atom stereocenters. The molecule has 0 bridgehead atoms. The number of piperazine rings is 1. The number of anilines is 1. The number of nitrogens with zero attached hydrogens (tertiary/aromatic N) is 5. The first kappa shape index (κ1) is 16.0. The highest BCUT2D eigenvalue weighted by Crippen LogP contribution is 2.20. The molecule has 7 nitrogen and oxygen atoms in total. The molecule has 3 N–H and O–H groups in total. The van der Waals surface area contributed by atoms with Crippen LogP contribution in [0.2, 0.25) is 0 Å². The number of amidine groups is 1. The van der Waals surface area contributed by atoms with Crippen LogP contribution in [-0.4, -0.2) is 57.5 Å². The first-order valence-corrected chi connectivity index (χ1v) is 8.25. The lowest BCUT2D eigenvalue weighted by Gasteiger charge is -2.38. The molecule has 0 amide bonds. The summed E-state index contributed by atoms with van der Waals surface area (Å²) in [5.74, 6) is 1.23. The molecule has 0 spiro atoms. The van der Waals surface area contributed by atoms with Gasteiger partial charge in [-0.15, -0.1) is 0 Å². The summed E-state index contributed by atoms with van der Waals surface area (Å²) < 4.78 is 4.34. The Hall–Kier alpha value is -1.41. The molecule has 8 heteroatoms. The van der Waals surface area contributed by atoms with E-state index in [-0.39, 0.29) is 6.04 Å². The van der Waals surface area contributed by atoms with Crippen molar-refractivity contribution in [1.29, 1.82) is 0 Å². The largest absolute Gasteiger partial charge is 0.409 e. The van der Waals surface area contributed by atoms with Crippen molar-refractivity contribution >= 4 is 22.5 Å². The average Bonchev–Trinajstić information content (AvgIpc) is 3.01. The van der Waals surface area contributed by atoms with E-state index in [1.165, 1.54) is 11.5 Å². The fourth-order valence-electron chi connectivity index (χ4n) is 2.60. The van der Waals surface area contributed by atoms with Gasteiger partial charge in [0.05, 0.1) is 6.04 Å². The molecule has 1 aromatic rings. The van der Waals surface area contributed by atoms with E-state index in [1.807, 2.05) is 0 Å². The van der Waals surface area contributed by atoms with Gasteiger partial charge in [-0.25, -0.2) is 4.98 Å². The number of oxime groups is 1. The van der Waals surface area contributed by atoms with Gasteiger partial charge in [0.25, 0.3) is 0 Å². The molecular weight excluding hydrogens is 288 g/mol. The Kier molecular flexibility index (Phi) is 5.75. The van der Waals surface area contributed by atoms with Crippen LogP contribution in [0.1, 0.15) is 32.5 Å². The highest BCUT2D eigenvalue weighted by Gasteiger charge is 2.27. The van der Waals surface area contributed by atoms with Crippen LogP contribution in [-0.2, 0) is 6.42 Å². The smallest absolute Gasteiger partial charge is 0.205 e. The van der Waals surface area contributed by atoms with E-state index in [4.69, 9.17) is 10.9 Å². The van der Waals surface area contributed by atoms with Crippen LogP contribution in [0.15, 0.2) is 5.16 Å². The van der Waals surface area contributed by atoms with Gasteiger partial charge in [-0.2, -0.15) is 4.37 Å². The number of aromatic nitrogens is 2. The number of hydrogen-bond acceptors (Lipinski definition) is 7. The lowest BCUT2D eigenvalue weighted by Crippen LogP contribution is -2.54. The Morgan fingerprint density at radius 2 is 2.10 bits per heavy atom. The molecule has 0 aromatic carbocycles. The first-order chi connectivity index (χ1) is 10.2. The molecule has 118 valence electrons. The molecule has 0 saturated carbocycles. The van der Waals surface area contributed by atoms with E-state index < -0.39 is 0 Å². The van der Waals surface area contributed by atoms with Gasteiger partial charge < -0.3 is 15.8 Å². The van der Waals surface area contributed by atoms with Crippen LogP contribution in [0.5, 0.6) is 0 Å². The van der Waals surface area contributed by atoms with Crippen LogP contribution in [0.4, 0.5) is 5.13 Å². The Labute approximate surface area is 129 Å². The number of nitrogens with two attached hydrogens (primary N) is 1. The van der Waals surface area contributed by atoms with Crippen molar-refractivity contribution in [3.05, 3.63) is 5.82 Å². The molecule has 2 heterocycles. The third-order valence-electron chi connectivity index (χ3n) is 3.82. The Morgan fingerprint density at radius 1 is 1.38 bits per heavy atom. The maximum Gasteiger partial charge on any atom is 0.205 e. The van der Waals surface area contributed by atoms with Gasteiger partial charge in [0.2, 0.25) is 5.13 Å². The van der Waals surface area contributed by atoms with E-state index in [2.05, 4.69) is 38.2 Å². The summed E-state index contributed by atoms with van der Waals surface area (Å²) >= 11 is 1.47. The molecule has 1 atom stereocenters. The summed E-state index contributed by atoms with van der Waals surface area (Å²) in [4.78, 5) is 9.09. The van der Waals surface area contributed by atoms with E-state index in [0.717, 1.165) is 56.4 Å². The van der Waals surface area contributed by atoms with Gasteiger partial charge in [0.1, 0.15) is 5.82 Å². The van der Waals surface area contributed by atoms with Crippen LogP contribution >= 0.6 is 11.5 Å². The summed E-state index contributed by atoms with van der Waals surface area (Å²) in [6.45, 7) is 7.76. The molecule has 1 aliphatic heterocycles. The normalized spacial score (nSPS) is 19.0. The Morgan fingerprint density at radius 3 is 2.62 bits per heavy atom. The second-order valence-electron chi connectivity index (χ2n) is 5.20. The van der Waals surface area contributed by atoms with Crippen molar-refractivity contribution in [2.75, 3.05) is 31.1 Å². The zero-order valence-corrected chi connectivity index (χ0v) is 13.5. The van der Waals surface area contributed by atoms with Gasteiger partial charge in [0, 0.05) is 44.1 Å². The van der Waals surface area contributed by atoms with Crippen molar-refractivity contribution in [3.63, 3.8) is 0 Å². The monoisotopic (exact) mass is 312 g/mol. The third-order valence-corrected chi connectivity index (χ3v) is 4.63. The first-order valence-electron chi connectivity index (χ1n) is 7.48. The molecule has 1 fully saturated rings. The predicted molar refractivity (Wildman–Crippen MR) is 85.2 cm³/mol. The Bertz CT molecular complexity index is 469. The highest BCUT2D eigenvalue weighted by atomic mass is 32.1. The fourth-order valence-corrected chi connectivity index (χ4v) is 3.40. The van der Waals surface area contributed by atoms with Crippen molar-refractivity contribution in [2.45, 2.75) is 39.2 Å². The zero-order valence-electron chi connectivity index (χ0n) is 12.7.